The van der Waals surface area contributed by atoms with Crippen molar-refractivity contribution in [2.24, 2.45) is 0 Å². The number of fused-ring (bicyclic) bond motifs is 1. The fraction of sp³-hybridized carbons (Fsp3) is 0.389. The molecule has 0 unspecified atom stereocenters. The Labute approximate surface area is 154 Å². The van der Waals surface area contributed by atoms with Crippen LogP contribution < -0.4 is 5.56 Å². The second kappa shape index (κ2) is 7.05. The van der Waals surface area contributed by atoms with Gasteiger partial charge in [-0.25, -0.2) is 14.3 Å². The lowest BCUT2D eigenvalue weighted by molar-refractivity contribution is 0.0528. The number of carbonyl (C=O) groups is 1. The van der Waals surface area contributed by atoms with E-state index in [4.69, 9.17) is 4.74 Å². The van der Waals surface area contributed by atoms with Crippen LogP contribution in [0.4, 0.5) is 0 Å². The Hall–Kier alpha value is -2.45. The lowest BCUT2D eigenvalue weighted by atomic mass is 10.1. The summed E-state index contributed by atoms with van der Waals surface area (Å²) in [6.07, 6.45) is 3.70. The predicted molar refractivity (Wildman–Crippen MR) is 98.5 cm³/mol. The Morgan fingerprint density at radius 1 is 1.50 bits per heavy atom. The minimum Gasteiger partial charge on any atom is -0.462 e. The number of esters is 1. The van der Waals surface area contributed by atoms with Crippen molar-refractivity contribution >= 4 is 23.0 Å². The molecule has 0 aliphatic carbocycles. The van der Waals surface area contributed by atoms with E-state index in [1.54, 1.807) is 18.3 Å². The summed E-state index contributed by atoms with van der Waals surface area (Å²) in [6.45, 7) is 3.57. The molecule has 1 N–H and O–H groups in total. The van der Waals surface area contributed by atoms with Crippen molar-refractivity contribution in [3.05, 3.63) is 56.3 Å². The van der Waals surface area contributed by atoms with Gasteiger partial charge >= 0.3 is 5.97 Å². The van der Waals surface area contributed by atoms with E-state index in [0.717, 1.165) is 19.4 Å². The highest BCUT2D eigenvalue weighted by Gasteiger charge is 2.27. The maximum atomic E-state index is 12.4. The lowest BCUT2D eigenvalue weighted by Gasteiger charge is -2.23. The molecule has 0 spiro atoms. The van der Waals surface area contributed by atoms with Crippen LogP contribution in [0.5, 0.6) is 0 Å². The molecule has 1 saturated heterocycles. The summed E-state index contributed by atoms with van der Waals surface area (Å²) in [5, 5.41) is 7.05. The number of thiophene rings is 1. The minimum atomic E-state index is -0.479. The molecule has 1 atom stereocenters. The minimum absolute atomic E-state index is 0.230. The van der Waals surface area contributed by atoms with Gasteiger partial charge in [-0.15, -0.1) is 0 Å². The molecule has 0 radical (unpaired) electrons. The quantitative estimate of drug-likeness (QED) is 0.697. The molecule has 3 aromatic rings. The van der Waals surface area contributed by atoms with Gasteiger partial charge in [0.25, 0.3) is 5.56 Å². The number of H-pyrrole nitrogens is 1. The van der Waals surface area contributed by atoms with Crippen LogP contribution in [0.1, 0.15) is 47.4 Å². The number of ether oxygens (including phenoxy) is 1. The van der Waals surface area contributed by atoms with Crippen molar-refractivity contribution in [3.63, 3.8) is 0 Å². The first-order chi connectivity index (χ1) is 12.7. The zero-order chi connectivity index (χ0) is 18.1. The van der Waals surface area contributed by atoms with Crippen molar-refractivity contribution in [2.45, 2.75) is 32.4 Å². The van der Waals surface area contributed by atoms with Crippen molar-refractivity contribution in [2.75, 3.05) is 13.2 Å². The topological polar surface area (TPSA) is 79.7 Å². The zero-order valence-electron chi connectivity index (χ0n) is 14.5. The number of aromatic nitrogens is 3. The van der Waals surface area contributed by atoms with E-state index >= 15 is 0 Å². The molecule has 7 nitrogen and oxygen atoms in total. The number of nitrogens with one attached hydrogen (secondary N) is 1. The van der Waals surface area contributed by atoms with E-state index in [1.807, 2.05) is 0 Å². The molecule has 1 aliphatic rings. The third-order valence-electron chi connectivity index (χ3n) is 4.70. The second-order valence-electron chi connectivity index (χ2n) is 6.34. The van der Waals surface area contributed by atoms with Crippen LogP contribution in [-0.2, 0) is 11.3 Å². The monoisotopic (exact) mass is 372 g/mol. The third-order valence-corrected chi connectivity index (χ3v) is 5.40. The summed E-state index contributed by atoms with van der Waals surface area (Å²) in [5.74, 6) is -0.479. The molecular formula is C18H20N4O3S. The van der Waals surface area contributed by atoms with Crippen LogP contribution in [-0.4, -0.2) is 38.6 Å². The highest BCUT2D eigenvalue weighted by molar-refractivity contribution is 7.07. The zero-order valence-corrected chi connectivity index (χ0v) is 15.3. The van der Waals surface area contributed by atoms with Gasteiger partial charge in [0.2, 0.25) is 0 Å². The molecule has 3 aromatic heterocycles. The van der Waals surface area contributed by atoms with Crippen molar-refractivity contribution in [1.82, 2.24) is 19.5 Å². The number of hydrogen-bond donors (Lipinski definition) is 1. The van der Waals surface area contributed by atoms with E-state index < -0.39 is 5.97 Å². The Morgan fingerprint density at radius 3 is 3.15 bits per heavy atom. The standard InChI is InChI=1S/C18H20N4O3S/c1-2-25-18(24)14-9-19-22-16(23)8-13(20-17(14)22)10-21-6-3-4-15(21)12-5-7-26-11-12/h5,7-9,11,15,19H,2-4,6,10H2,1H3/t15-/m1/s1. The first-order valence-electron chi connectivity index (χ1n) is 8.70. The second-order valence-corrected chi connectivity index (χ2v) is 7.12. The molecule has 4 rings (SSSR count). The first-order valence-corrected chi connectivity index (χ1v) is 9.65. The average molecular weight is 372 g/mol. The fourth-order valence-corrected chi connectivity index (χ4v) is 4.24. The van der Waals surface area contributed by atoms with Gasteiger partial charge in [0.1, 0.15) is 5.56 Å². The summed E-state index contributed by atoms with van der Waals surface area (Å²) in [7, 11) is 0. The Kier molecular flexibility index (Phi) is 4.60. The van der Waals surface area contributed by atoms with E-state index in [0.29, 0.717) is 23.9 Å². The maximum Gasteiger partial charge on any atom is 0.343 e. The fourth-order valence-electron chi connectivity index (χ4n) is 3.53. The Morgan fingerprint density at radius 2 is 2.38 bits per heavy atom. The highest BCUT2D eigenvalue weighted by atomic mass is 32.1. The van der Waals surface area contributed by atoms with Crippen molar-refractivity contribution in [1.29, 1.82) is 0 Å². The van der Waals surface area contributed by atoms with Gasteiger partial charge < -0.3 is 4.74 Å². The van der Waals surface area contributed by atoms with Gasteiger partial charge in [-0.2, -0.15) is 11.3 Å². The molecule has 1 aliphatic heterocycles. The number of carbonyl (C=O) groups excluding carboxylic acids is 1. The molecule has 0 saturated carbocycles. The van der Waals surface area contributed by atoms with Crippen LogP contribution in [0.25, 0.3) is 5.65 Å². The van der Waals surface area contributed by atoms with Gasteiger partial charge in [0, 0.05) is 24.8 Å². The van der Waals surface area contributed by atoms with Gasteiger partial charge in [0.05, 0.1) is 12.3 Å². The van der Waals surface area contributed by atoms with E-state index in [-0.39, 0.29) is 17.7 Å². The van der Waals surface area contributed by atoms with Crippen LogP contribution in [0.3, 0.4) is 0 Å². The maximum absolute atomic E-state index is 12.4. The Bertz CT molecular complexity index is 976. The molecular weight excluding hydrogens is 352 g/mol. The molecule has 26 heavy (non-hydrogen) atoms. The smallest absolute Gasteiger partial charge is 0.343 e. The summed E-state index contributed by atoms with van der Waals surface area (Å²) >= 11 is 1.70. The van der Waals surface area contributed by atoms with Crippen LogP contribution in [0.2, 0.25) is 0 Å². The molecule has 0 bridgehead atoms. The number of nitrogens with zero attached hydrogens (tertiary/aromatic N) is 3. The predicted octanol–water partition coefficient (Wildman–Crippen LogP) is 2.60. The number of aromatic amines is 1. The molecule has 0 amide bonds. The van der Waals surface area contributed by atoms with Crippen molar-refractivity contribution < 1.29 is 9.53 Å². The van der Waals surface area contributed by atoms with E-state index in [9.17, 15) is 9.59 Å². The van der Waals surface area contributed by atoms with Gasteiger partial charge in [0.15, 0.2) is 5.65 Å². The molecule has 0 aromatic carbocycles. The SMILES string of the molecule is CCOC(=O)c1c[nH]n2c(=O)cc(CN3CCC[C@@H]3c3ccsc3)nc12. The van der Waals surface area contributed by atoms with Crippen LogP contribution >= 0.6 is 11.3 Å². The van der Waals surface area contributed by atoms with E-state index in [2.05, 4.69) is 31.8 Å². The summed E-state index contributed by atoms with van der Waals surface area (Å²) in [4.78, 5) is 31.4. The van der Waals surface area contributed by atoms with Gasteiger partial charge in [-0.3, -0.25) is 14.8 Å². The number of rotatable bonds is 5. The summed E-state index contributed by atoms with van der Waals surface area (Å²) < 4.78 is 6.32. The molecule has 8 heteroatoms. The third kappa shape index (κ3) is 3.06. The highest BCUT2D eigenvalue weighted by Crippen LogP contribution is 2.33. The van der Waals surface area contributed by atoms with Crippen LogP contribution in [0.15, 0.2) is 33.9 Å². The normalized spacial score (nSPS) is 17.8. The lowest BCUT2D eigenvalue weighted by Crippen LogP contribution is -2.25. The van der Waals surface area contributed by atoms with Gasteiger partial charge in [-0.1, -0.05) is 0 Å². The number of likely N-dealkylation sites (tertiary alicyclic amines) is 1. The number of hydrogen-bond acceptors (Lipinski definition) is 6. The summed E-state index contributed by atoms with van der Waals surface area (Å²) in [6, 6.07) is 4.04. The Balaban J connectivity index is 1.65. The van der Waals surface area contributed by atoms with Crippen molar-refractivity contribution in [3.8, 4) is 0 Å². The molecule has 136 valence electrons. The van der Waals surface area contributed by atoms with E-state index in [1.165, 1.54) is 22.3 Å². The molecule has 4 heterocycles. The summed E-state index contributed by atoms with van der Waals surface area (Å²) in [5.41, 5.74) is 2.35. The average Bonchev–Trinajstić information content (AvgIpc) is 3.35. The van der Waals surface area contributed by atoms with Crippen LogP contribution in [0, 0.1) is 0 Å². The first kappa shape index (κ1) is 17.0. The van der Waals surface area contributed by atoms with Gasteiger partial charge in [-0.05, 0) is 48.7 Å². The largest absolute Gasteiger partial charge is 0.462 e. The molecule has 1 fully saturated rings.